The molecule has 0 amide bonds. The Hall–Kier alpha value is -1.98. The lowest BCUT2D eigenvalue weighted by molar-refractivity contribution is 0.862. The second kappa shape index (κ2) is 4.36. The summed E-state index contributed by atoms with van der Waals surface area (Å²) in [7, 11) is 0. The molecular formula is C13H12N4S. The molecule has 0 spiro atoms. The average molecular weight is 256 g/mol. The molecule has 0 aromatic carbocycles. The molecular weight excluding hydrogens is 244 g/mol. The van der Waals surface area contributed by atoms with Crippen LogP contribution in [0.5, 0.6) is 0 Å². The van der Waals surface area contributed by atoms with Gasteiger partial charge >= 0.3 is 0 Å². The molecule has 4 N–H and O–H groups in total. The van der Waals surface area contributed by atoms with Crippen LogP contribution < -0.4 is 11.5 Å². The molecule has 0 saturated carbocycles. The largest absolute Gasteiger partial charge is 0.398 e. The van der Waals surface area contributed by atoms with Crippen molar-refractivity contribution in [3.63, 3.8) is 0 Å². The maximum absolute atomic E-state index is 6.22. The van der Waals surface area contributed by atoms with E-state index in [0.717, 1.165) is 21.3 Å². The van der Waals surface area contributed by atoms with Crippen LogP contribution in [-0.2, 0) is 0 Å². The molecule has 18 heavy (non-hydrogen) atoms. The molecule has 0 aliphatic rings. The molecule has 0 radical (unpaired) electrons. The number of nitrogens with two attached hydrogens (primary N) is 2. The van der Waals surface area contributed by atoms with E-state index in [2.05, 4.69) is 16.0 Å². The van der Waals surface area contributed by atoms with Crippen molar-refractivity contribution in [2.45, 2.75) is 6.04 Å². The number of fused-ring (bicyclic) bond motifs is 1. The Labute approximate surface area is 108 Å². The quantitative estimate of drug-likeness (QED) is 0.737. The molecule has 1 atom stereocenters. The molecule has 1 unspecified atom stereocenters. The van der Waals surface area contributed by atoms with Crippen LogP contribution in [-0.4, -0.2) is 9.97 Å². The second-order valence-electron chi connectivity index (χ2n) is 4.05. The summed E-state index contributed by atoms with van der Waals surface area (Å²) in [5, 5.41) is 2.02. The first-order valence-corrected chi connectivity index (χ1v) is 6.42. The molecule has 90 valence electrons. The van der Waals surface area contributed by atoms with Gasteiger partial charge < -0.3 is 11.5 Å². The van der Waals surface area contributed by atoms with E-state index in [1.54, 1.807) is 36.0 Å². The molecule has 0 saturated heterocycles. The molecule has 0 bridgehead atoms. The summed E-state index contributed by atoms with van der Waals surface area (Å²) in [5.74, 6) is 0. The van der Waals surface area contributed by atoms with Gasteiger partial charge in [-0.3, -0.25) is 9.97 Å². The number of aromatic nitrogens is 2. The van der Waals surface area contributed by atoms with E-state index in [1.807, 2.05) is 11.4 Å². The van der Waals surface area contributed by atoms with Gasteiger partial charge in [-0.1, -0.05) is 0 Å². The Kier molecular flexibility index (Phi) is 2.70. The van der Waals surface area contributed by atoms with Crippen molar-refractivity contribution in [2.75, 3.05) is 5.73 Å². The maximum atomic E-state index is 6.22. The van der Waals surface area contributed by atoms with E-state index in [4.69, 9.17) is 11.5 Å². The van der Waals surface area contributed by atoms with Crippen molar-refractivity contribution >= 4 is 27.2 Å². The first-order valence-electron chi connectivity index (χ1n) is 5.54. The summed E-state index contributed by atoms with van der Waals surface area (Å²) in [6.45, 7) is 0. The topological polar surface area (TPSA) is 77.8 Å². The van der Waals surface area contributed by atoms with Crippen molar-refractivity contribution in [1.29, 1.82) is 0 Å². The minimum Gasteiger partial charge on any atom is -0.398 e. The molecule has 0 fully saturated rings. The Morgan fingerprint density at radius 2 is 2.11 bits per heavy atom. The fourth-order valence-electron chi connectivity index (χ4n) is 1.89. The fourth-order valence-corrected chi connectivity index (χ4v) is 2.68. The lowest BCUT2D eigenvalue weighted by Gasteiger charge is -2.13. The van der Waals surface area contributed by atoms with Crippen LogP contribution in [0.3, 0.4) is 0 Å². The summed E-state index contributed by atoms with van der Waals surface area (Å²) in [6, 6.07) is 5.52. The Balaban J connectivity index is 2.06. The Bertz CT molecular complexity index is 692. The van der Waals surface area contributed by atoms with Gasteiger partial charge in [-0.05, 0) is 29.1 Å². The van der Waals surface area contributed by atoms with Crippen LogP contribution in [0.2, 0.25) is 0 Å². The molecule has 0 aliphatic carbocycles. The van der Waals surface area contributed by atoms with Gasteiger partial charge in [0.05, 0.1) is 16.3 Å². The van der Waals surface area contributed by atoms with Crippen LogP contribution in [0.15, 0.2) is 42.2 Å². The summed E-state index contributed by atoms with van der Waals surface area (Å²) >= 11 is 1.65. The molecule has 0 aliphatic heterocycles. The Morgan fingerprint density at radius 3 is 2.94 bits per heavy atom. The molecule has 3 aromatic rings. The highest BCUT2D eigenvalue weighted by Gasteiger charge is 2.13. The van der Waals surface area contributed by atoms with Gasteiger partial charge in [0.25, 0.3) is 0 Å². The monoisotopic (exact) mass is 256 g/mol. The highest BCUT2D eigenvalue weighted by molar-refractivity contribution is 7.17. The molecule has 3 heterocycles. The van der Waals surface area contributed by atoms with Crippen molar-refractivity contribution < 1.29 is 0 Å². The van der Waals surface area contributed by atoms with Crippen LogP contribution in [0.25, 0.3) is 10.2 Å². The van der Waals surface area contributed by atoms with Crippen LogP contribution >= 0.6 is 11.3 Å². The number of pyridine rings is 2. The van der Waals surface area contributed by atoms with E-state index in [0.29, 0.717) is 5.69 Å². The minimum atomic E-state index is -0.294. The van der Waals surface area contributed by atoms with Gasteiger partial charge in [0.1, 0.15) is 0 Å². The van der Waals surface area contributed by atoms with Gasteiger partial charge in [0, 0.05) is 29.8 Å². The normalized spacial score (nSPS) is 12.7. The van der Waals surface area contributed by atoms with Crippen molar-refractivity contribution in [1.82, 2.24) is 9.97 Å². The molecule has 4 nitrogen and oxygen atoms in total. The first-order chi connectivity index (χ1) is 8.75. The van der Waals surface area contributed by atoms with Gasteiger partial charge in [-0.25, -0.2) is 0 Å². The maximum Gasteiger partial charge on any atom is 0.0809 e. The van der Waals surface area contributed by atoms with Crippen molar-refractivity contribution in [2.24, 2.45) is 5.73 Å². The van der Waals surface area contributed by atoms with E-state index in [1.165, 1.54) is 0 Å². The standard InChI is InChI=1S/C13H12N4S/c14-10-1-3-16-7-9(10)13(15)8-5-12-11(17-6-8)2-4-18-12/h1-7,13H,15H2,(H2,14,16). The zero-order chi connectivity index (χ0) is 12.5. The SMILES string of the molecule is Nc1ccncc1C(N)c1cnc2ccsc2c1. The number of hydrogen-bond acceptors (Lipinski definition) is 5. The zero-order valence-electron chi connectivity index (χ0n) is 9.58. The number of hydrogen-bond donors (Lipinski definition) is 2. The minimum absolute atomic E-state index is 0.294. The third kappa shape index (κ3) is 1.83. The number of rotatable bonds is 2. The third-order valence-electron chi connectivity index (χ3n) is 2.91. The van der Waals surface area contributed by atoms with Gasteiger partial charge in [0.15, 0.2) is 0 Å². The van der Waals surface area contributed by atoms with Crippen LogP contribution in [0.4, 0.5) is 5.69 Å². The smallest absolute Gasteiger partial charge is 0.0809 e. The average Bonchev–Trinajstić information content (AvgIpc) is 2.85. The highest BCUT2D eigenvalue weighted by Crippen LogP contribution is 2.27. The zero-order valence-corrected chi connectivity index (χ0v) is 10.4. The number of thiophene rings is 1. The second-order valence-corrected chi connectivity index (χ2v) is 5.00. The highest BCUT2D eigenvalue weighted by atomic mass is 32.1. The summed E-state index contributed by atoms with van der Waals surface area (Å²) < 4.78 is 1.13. The number of nitrogens with zero attached hydrogens (tertiary/aromatic N) is 2. The third-order valence-corrected chi connectivity index (χ3v) is 3.76. The summed E-state index contributed by atoms with van der Waals surface area (Å²) in [4.78, 5) is 8.45. The Morgan fingerprint density at radius 1 is 1.22 bits per heavy atom. The van der Waals surface area contributed by atoms with Crippen molar-refractivity contribution in [3.05, 3.63) is 53.3 Å². The predicted octanol–water partition coefficient (Wildman–Crippen LogP) is 2.32. The van der Waals surface area contributed by atoms with Crippen LogP contribution in [0.1, 0.15) is 17.2 Å². The van der Waals surface area contributed by atoms with E-state index >= 15 is 0 Å². The lowest BCUT2D eigenvalue weighted by atomic mass is 10.0. The molecule has 3 aromatic heterocycles. The number of anilines is 1. The van der Waals surface area contributed by atoms with E-state index in [-0.39, 0.29) is 6.04 Å². The first kappa shape index (κ1) is 11.1. The van der Waals surface area contributed by atoms with Gasteiger partial charge in [-0.15, -0.1) is 11.3 Å². The predicted molar refractivity (Wildman–Crippen MR) is 74.3 cm³/mol. The summed E-state index contributed by atoms with van der Waals surface area (Å²) in [6.07, 6.45) is 5.16. The van der Waals surface area contributed by atoms with E-state index < -0.39 is 0 Å². The summed E-state index contributed by atoms with van der Waals surface area (Å²) in [5.41, 5.74) is 15.6. The van der Waals surface area contributed by atoms with Gasteiger partial charge in [0.2, 0.25) is 0 Å². The lowest BCUT2D eigenvalue weighted by Crippen LogP contribution is -2.14. The van der Waals surface area contributed by atoms with Crippen molar-refractivity contribution in [3.8, 4) is 0 Å². The molecule has 5 heteroatoms. The van der Waals surface area contributed by atoms with E-state index in [9.17, 15) is 0 Å². The van der Waals surface area contributed by atoms with Crippen LogP contribution in [0, 0.1) is 0 Å². The molecule has 3 rings (SSSR count). The van der Waals surface area contributed by atoms with Gasteiger partial charge in [-0.2, -0.15) is 0 Å². The fraction of sp³-hybridized carbons (Fsp3) is 0.0769. The number of nitrogen functional groups attached to an aromatic ring is 1.